The predicted octanol–water partition coefficient (Wildman–Crippen LogP) is 3.58. The highest BCUT2D eigenvalue weighted by molar-refractivity contribution is 5.94. The third kappa shape index (κ3) is 4.75. The van der Waals surface area contributed by atoms with Crippen LogP contribution in [0.3, 0.4) is 0 Å². The van der Waals surface area contributed by atoms with Crippen LogP contribution < -0.4 is 5.32 Å². The zero-order chi connectivity index (χ0) is 22.8. The van der Waals surface area contributed by atoms with Crippen molar-refractivity contribution in [2.45, 2.75) is 32.7 Å². The van der Waals surface area contributed by atoms with Gasteiger partial charge in [-0.25, -0.2) is 15.0 Å². The second kappa shape index (κ2) is 9.31. The van der Waals surface area contributed by atoms with Crippen molar-refractivity contribution in [3.63, 3.8) is 0 Å². The van der Waals surface area contributed by atoms with E-state index in [1.165, 1.54) is 19.3 Å². The summed E-state index contributed by atoms with van der Waals surface area (Å²) in [5.41, 5.74) is 3.43. The molecule has 172 valence electrons. The lowest BCUT2D eigenvalue weighted by Gasteiger charge is -2.32. The van der Waals surface area contributed by atoms with Crippen LogP contribution in [0.5, 0.6) is 0 Å². The zero-order valence-electron chi connectivity index (χ0n) is 19.4. The number of benzene rings is 1. The summed E-state index contributed by atoms with van der Waals surface area (Å²) in [5, 5.41) is 3.27. The zero-order valence-corrected chi connectivity index (χ0v) is 19.4. The number of rotatable bonds is 6. The van der Waals surface area contributed by atoms with Crippen molar-refractivity contribution in [1.82, 2.24) is 29.3 Å². The Balaban J connectivity index is 1.28. The standard InChI is InChI=1S/C25H31N7O/c1-18-27-16-23(32(18)17-19-4-3-5-19)22-10-11-26-25(29-22)28-21-8-6-20(7-9-21)24(33)31-14-12-30(2)13-15-31/h6-11,16,19H,3-5,12-15,17H2,1-2H3,(H,26,28,29). The number of aryl methyl sites for hydroxylation is 1. The highest BCUT2D eigenvalue weighted by Crippen LogP contribution is 2.30. The highest BCUT2D eigenvalue weighted by atomic mass is 16.2. The molecule has 2 aromatic heterocycles. The molecule has 5 rings (SSSR count). The van der Waals surface area contributed by atoms with Crippen LogP contribution in [-0.2, 0) is 6.54 Å². The number of nitrogens with one attached hydrogen (secondary N) is 1. The van der Waals surface area contributed by atoms with Crippen molar-refractivity contribution >= 4 is 17.5 Å². The molecule has 0 spiro atoms. The number of imidazole rings is 1. The lowest BCUT2D eigenvalue weighted by Crippen LogP contribution is -2.47. The number of carbonyl (C=O) groups excluding carboxylic acids is 1. The molecular weight excluding hydrogens is 414 g/mol. The van der Waals surface area contributed by atoms with E-state index in [4.69, 9.17) is 4.98 Å². The topological polar surface area (TPSA) is 79.2 Å². The fourth-order valence-electron chi connectivity index (χ4n) is 4.42. The number of anilines is 2. The number of nitrogens with zero attached hydrogens (tertiary/aromatic N) is 6. The Labute approximate surface area is 194 Å². The van der Waals surface area contributed by atoms with E-state index in [9.17, 15) is 4.79 Å². The Bertz CT molecular complexity index is 1110. The second-order valence-electron chi connectivity index (χ2n) is 9.16. The Hall–Kier alpha value is -3.26. The van der Waals surface area contributed by atoms with Gasteiger partial charge in [-0.05, 0) is 63.1 Å². The number of piperazine rings is 1. The van der Waals surface area contributed by atoms with Crippen molar-refractivity contribution < 1.29 is 4.79 Å². The van der Waals surface area contributed by atoms with Crippen LogP contribution in [-0.4, -0.2) is 68.5 Å². The molecule has 1 amide bonds. The molecule has 0 radical (unpaired) electrons. The minimum Gasteiger partial charge on any atom is -0.336 e. The molecule has 1 aromatic carbocycles. The minimum atomic E-state index is 0.0861. The van der Waals surface area contributed by atoms with E-state index >= 15 is 0 Å². The number of likely N-dealkylation sites (N-methyl/N-ethyl adjacent to an activating group) is 1. The maximum atomic E-state index is 12.8. The quantitative estimate of drug-likeness (QED) is 0.625. The number of aromatic nitrogens is 4. The molecule has 0 atom stereocenters. The van der Waals surface area contributed by atoms with Crippen molar-refractivity contribution in [2.24, 2.45) is 5.92 Å². The summed E-state index contributed by atoms with van der Waals surface area (Å²) in [6.07, 6.45) is 7.59. The van der Waals surface area contributed by atoms with Gasteiger partial charge < -0.3 is 19.7 Å². The van der Waals surface area contributed by atoms with Crippen molar-refractivity contribution in [3.8, 4) is 11.4 Å². The monoisotopic (exact) mass is 445 g/mol. The van der Waals surface area contributed by atoms with E-state index in [1.807, 2.05) is 48.4 Å². The van der Waals surface area contributed by atoms with Gasteiger partial charge in [0, 0.05) is 50.2 Å². The second-order valence-corrected chi connectivity index (χ2v) is 9.16. The molecule has 8 heteroatoms. The third-order valence-corrected chi connectivity index (χ3v) is 6.82. The van der Waals surface area contributed by atoms with E-state index < -0.39 is 0 Å². The molecule has 2 aliphatic rings. The molecule has 3 heterocycles. The van der Waals surface area contributed by atoms with Gasteiger partial charge in [0.15, 0.2) is 0 Å². The van der Waals surface area contributed by atoms with Gasteiger partial charge in [0.25, 0.3) is 5.91 Å². The Kier molecular flexibility index (Phi) is 6.09. The molecule has 1 aliphatic carbocycles. The van der Waals surface area contributed by atoms with E-state index in [-0.39, 0.29) is 5.91 Å². The molecule has 0 unspecified atom stereocenters. The molecule has 1 saturated carbocycles. The van der Waals surface area contributed by atoms with Crippen LogP contribution in [0.15, 0.2) is 42.7 Å². The summed E-state index contributed by atoms with van der Waals surface area (Å²) in [7, 11) is 2.09. The fraction of sp³-hybridized carbons (Fsp3) is 0.440. The number of carbonyl (C=O) groups is 1. The van der Waals surface area contributed by atoms with Crippen LogP contribution in [0.1, 0.15) is 35.4 Å². The predicted molar refractivity (Wildman–Crippen MR) is 128 cm³/mol. The largest absolute Gasteiger partial charge is 0.336 e. The van der Waals surface area contributed by atoms with Crippen LogP contribution in [0.4, 0.5) is 11.6 Å². The van der Waals surface area contributed by atoms with Gasteiger partial charge in [-0.15, -0.1) is 0 Å². The molecule has 1 N–H and O–H groups in total. The summed E-state index contributed by atoms with van der Waals surface area (Å²) < 4.78 is 2.27. The molecule has 8 nitrogen and oxygen atoms in total. The average Bonchev–Trinajstić information content (AvgIpc) is 3.17. The third-order valence-electron chi connectivity index (χ3n) is 6.82. The number of amides is 1. The SMILES string of the molecule is Cc1ncc(-c2ccnc(Nc3ccc(C(=O)N4CCN(C)CC4)cc3)n2)n1CC1CCC1. The Morgan fingerprint density at radius 3 is 2.52 bits per heavy atom. The fourth-order valence-corrected chi connectivity index (χ4v) is 4.42. The number of hydrogen-bond acceptors (Lipinski definition) is 6. The first-order valence-electron chi connectivity index (χ1n) is 11.8. The summed E-state index contributed by atoms with van der Waals surface area (Å²) in [6.45, 7) is 6.42. The first-order valence-corrected chi connectivity index (χ1v) is 11.8. The average molecular weight is 446 g/mol. The lowest BCUT2D eigenvalue weighted by molar-refractivity contribution is 0.0664. The van der Waals surface area contributed by atoms with E-state index in [0.29, 0.717) is 11.5 Å². The molecular formula is C25H31N7O. The van der Waals surface area contributed by atoms with Gasteiger partial charge in [-0.3, -0.25) is 4.79 Å². The highest BCUT2D eigenvalue weighted by Gasteiger charge is 2.22. The van der Waals surface area contributed by atoms with Gasteiger partial charge in [0.2, 0.25) is 5.95 Å². The number of hydrogen-bond donors (Lipinski definition) is 1. The van der Waals surface area contributed by atoms with Crippen LogP contribution in [0, 0.1) is 12.8 Å². The molecule has 1 aliphatic heterocycles. The van der Waals surface area contributed by atoms with Gasteiger partial charge in [-0.1, -0.05) is 6.42 Å². The molecule has 3 aromatic rings. The molecule has 33 heavy (non-hydrogen) atoms. The first kappa shape index (κ1) is 21.6. The van der Waals surface area contributed by atoms with E-state index in [0.717, 1.165) is 61.5 Å². The smallest absolute Gasteiger partial charge is 0.253 e. The van der Waals surface area contributed by atoms with Crippen molar-refractivity contribution in [3.05, 3.63) is 54.1 Å². The Morgan fingerprint density at radius 1 is 1.06 bits per heavy atom. The Morgan fingerprint density at radius 2 is 1.82 bits per heavy atom. The van der Waals surface area contributed by atoms with Crippen molar-refractivity contribution in [1.29, 1.82) is 0 Å². The van der Waals surface area contributed by atoms with E-state index in [1.54, 1.807) is 6.20 Å². The van der Waals surface area contributed by atoms with Gasteiger partial charge in [0.1, 0.15) is 5.82 Å². The summed E-state index contributed by atoms with van der Waals surface area (Å²) >= 11 is 0. The van der Waals surface area contributed by atoms with Crippen molar-refractivity contribution in [2.75, 3.05) is 38.5 Å². The van der Waals surface area contributed by atoms with E-state index in [2.05, 4.69) is 31.8 Å². The maximum Gasteiger partial charge on any atom is 0.253 e. The van der Waals surface area contributed by atoms with Gasteiger partial charge in [-0.2, -0.15) is 0 Å². The summed E-state index contributed by atoms with van der Waals surface area (Å²) in [5.74, 6) is 2.37. The molecule has 1 saturated heterocycles. The normalized spacial score (nSPS) is 17.1. The summed E-state index contributed by atoms with van der Waals surface area (Å²) in [6, 6.07) is 9.47. The van der Waals surface area contributed by atoms with Crippen LogP contribution >= 0.6 is 0 Å². The minimum absolute atomic E-state index is 0.0861. The molecule has 0 bridgehead atoms. The van der Waals surface area contributed by atoms with Crippen LogP contribution in [0.2, 0.25) is 0 Å². The lowest BCUT2D eigenvalue weighted by atomic mass is 9.85. The van der Waals surface area contributed by atoms with Crippen LogP contribution in [0.25, 0.3) is 11.4 Å². The first-order chi connectivity index (χ1) is 16.1. The molecule has 2 fully saturated rings. The maximum absolute atomic E-state index is 12.8. The van der Waals surface area contributed by atoms with Gasteiger partial charge >= 0.3 is 0 Å². The van der Waals surface area contributed by atoms with Gasteiger partial charge in [0.05, 0.1) is 17.6 Å². The summed E-state index contributed by atoms with van der Waals surface area (Å²) in [4.78, 5) is 30.6.